The molecule has 0 spiro atoms. The Morgan fingerprint density at radius 1 is 1.12 bits per heavy atom. The fourth-order valence-corrected chi connectivity index (χ4v) is 7.59. The molecule has 32 heavy (non-hydrogen) atoms. The zero-order valence-electron chi connectivity index (χ0n) is 18.1. The smallest absolute Gasteiger partial charge is 0.261 e. The highest BCUT2D eigenvalue weighted by atomic mass is 16.2. The summed E-state index contributed by atoms with van der Waals surface area (Å²) >= 11 is 0. The van der Waals surface area contributed by atoms with Gasteiger partial charge in [-0.05, 0) is 74.3 Å². The van der Waals surface area contributed by atoms with Crippen molar-refractivity contribution in [1.29, 1.82) is 5.26 Å². The third-order valence-corrected chi connectivity index (χ3v) is 9.01. The van der Waals surface area contributed by atoms with Crippen molar-refractivity contribution < 1.29 is 14.4 Å². The van der Waals surface area contributed by atoms with Crippen LogP contribution in [0.5, 0.6) is 0 Å². The number of carbonyl (C=O) groups is 3. The van der Waals surface area contributed by atoms with Gasteiger partial charge in [-0.2, -0.15) is 5.26 Å². The van der Waals surface area contributed by atoms with E-state index in [1.54, 1.807) is 17.0 Å². The number of nitrogens with zero attached hydrogens (tertiary/aromatic N) is 3. The van der Waals surface area contributed by atoms with Gasteiger partial charge in [-0.15, -0.1) is 0 Å². The number of likely N-dealkylation sites (tertiary alicyclic amines) is 1. The van der Waals surface area contributed by atoms with E-state index in [4.69, 9.17) is 0 Å². The molecule has 0 radical (unpaired) electrons. The van der Waals surface area contributed by atoms with E-state index < -0.39 is 0 Å². The van der Waals surface area contributed by atoms with Crippen molar-refractivity contribution in [3.63, 3.8) is 0 Å². The fraction of sp³-hybridized carbons (Fsp3) is 0.600. The molecule has 4 aliphatic carbocycles. The predicted octanol–water partition coefficient (Wildman–Crippen LogP) is 2.19. The SMILES string of the molecule is N#C[C@@H]1CCCN1C(=O)CNC12CC3CC1CC(C2)C3CN1C(=O)c2ccccc2C1=O. The van der Waals surface area contributed by atoms with Crippen LogP contribution in [-0.2, 0) is 4.79 Å². The van der Waals surface area contributed by atoms with Gasteiger partial charge < -0.3 is 10.2 Å². The number of fused-ring (bicyclic) bond motifs is 1. The van der Waals surface area contributed by atoms with Crippen LogP contribution in [0, 0.1) is 35.0 Å². The van der Waals surface area contributed by atoms with E-state index >= 15 is 0 Å². The maximum atomic E-state index is 12.9. The van der Waals surface area contributed by atoms with Gasteiger partial charge in [-0.3, -0.25) is 19.3 Å². The van der Waals surface area contributed by atoms with E-state index in [1.165, 1.54) is 4.90 Å². The van der Waals surface area contributed by atoms with Gasteiger partial charge in [0.1, 0.15) is 6.04 Å². The number of hydrogen-bond acceptors (Lipinski definition) is 5. The van der Waals surface area contributed by atoms with E-state index in [9.17, 15) is 19.6 Å². The molecule has 2 heterocycles. The predicted molar refractivity (Wildman–Crippen MR) is 115 cm³/mol. The second-order valence-electron chi connectivity index (χ2n) is 10.4. The number of amides is 3. The van der Waals surface area contributed by atoms with Crippen molar-refractivity contribution in [2.45, 2.75) is 50.1 Å². The Morgan fingerprint density at radius 2 is 1.78 bits per heavy atom. The fourth-order valence-electron chi connectivity index (χ4n) is 7.59. The van der Waals surface area contributed by atoms with Crippen molar-refractivity contribution in [3.05, 3.63) is 35.4 Å². The molecule has 1 N–H and O–H groups in total. The largest absolute Gasteiger partial charge is 0.326 e. The van der Waals surface area contributed by atoms with E-state index in [2.05, 4.69) is 11.4 Å². The number of rotatable bonds is 5. The summed E-state index contributed by atoms with van der Waals surface area (Å²) < 4.78 is 0. The van der Waals surface area contributed by atoms with Gasteiger partial charge >= 0.3 is 0 Å². The summed E-state index contributed by atoms with van der Waals surface area (Å²) in [5.41, 5.74) is 1.06. The summed E-state index contributed by atoms with van der Waals surface area (Å²) in [5, 5.41) is 12.9. The molecule has 1 aromatic carbocycles. The van der Waals surface area contributed by atoms with E-state index in [-0.39, 0.29) is 29.3 Å². The standard InChI is InChI=1S/C25H28N4O3/c26-12-18-4-3-7-28(18)22(30)13-27-25-10-15-8-17(25)9-16(11-25)21(15)14-29-23(31)19-5-1-2-6-20(19)24(29)32/h1-2,5-6,15-18,21,27H,3-4,7-11,13-14H2/t15?,16?,17?,18-,21?,25?/m0/s1. The van der Waals surface area contributed by atoms with Crippen LogP contribution in [-0.4, -0.2) is 58.7 Å². The van der Waals surface area contributed by atoms with Crippen LogP contribution in [0.4, 0.5) is 0 Å². The van der Waals surface area contributed by atoms with E-state index in [0.29, 0.717) is 54.4 Å². The monoisotopic (exact) mass is 432 g/mol. The Kier molecular flexibility index (Phi) is 4.45. The molecule has 3 amide bonds. The summed E-state index contributed by atoms with van der Waals surface area (Å²) in [7, 11) is 0. The number of imide groups is 1. The first-order valence-corrected chi connectivity index (χ1v) is 11.9. The summed E-state index contributed by atoms with van der Waals surface area (Å²) in [6.07, 6.45) is 5.92. The number of benzene rings is 1. The molecule has 1 saturated heterocycles. The van der Waals surface area contributed by atoms with Crippen molar-refractivity contribution >= 4 is 17.7 Å². The molecule has 7 rings (SSSR count). The molecule has 1 aromatic rings. The summed E-state index contributed by atoms with van der Waals surface area (Å²) in [6.45, 7) is 1.50. The first kappa shape index (κ1) is 19.9. The average molecular weight is 433 g/mol. The van der Waals surface area contributed by atoms with Gasteiger partial charge in [-0.1, -0.05) is 12.1 Å². The third-order valence-electron chi connectivity index (χ3n) is 9.01. The van der Waals surface area contributed by atoms with Gasteiger partial charge in [0.05, 0.1) is 23.7 Å². The second kappa shape index (κ2) is 7.14. The van der Waals surface area contributed by atoms with E-state index in [1.807, 2.05) is 12.1 Å². The normalized spacial score (nSPS) is 36.8. The zero-order valence-corrected chi connectivity index (χ0v) is 18.1. The number of nitrogens with one attached hydrogen (secondary N) is 1. The summed E-state index contributed by atoms with van der Waals surface area (Å²) in [6, 6.07) is 9.09. The van der Waals surface area contributed by atoms with Crippen molar-refractivity contribution in [1.82, 2.24) is 15.1 Å². The zero-order chi connectivity index (χ0) is 22.0. The summed E-state index contributed by atoms with van der Waals surface area (Å²) in [4.78, 5) is 41.7. The molecule has 3 atom stereocenters. The first-order valence-electron chi connectivity index (χ1n) is 11.9. The lowest BCUT2D eigenvalue weighted by atomic mass is 9.70. The molecular weight excluding hydrogens is 404 g/mol. The molecule has 4 bridgehead atoms. The van der Waals surface area contributed by atoms with Gasteiger partial charge in [-0.25, -0.2) is 0 Å². The maximum Gasteiger partial charge on any atom is 0.261 e. The van der Waals surface area contributed by atoms with Gasteiger partial charge in [0.25, 0.3) is 11.8 Å². The van der Waals surface area contributed by atoms with Gasteiger partial charge in [0.2, 0.25) is 5.91 Å². The van der Waals surface area contributed by atoms with Crippen molar-refractivity contribution in [2.75, 3.05) is 19.6 Å². The molecule has 0 aromatic heterocycles. The van der Waals surface area contributed by atoms with E-state index in [0.717, 1.165) is 38.5 Å². The highest BCUT2D eigenvalue weighted by Crippen LogP contribution is 2.63. The van der Waals surface area contributed by atoms with Crippen LogP contribution < -0.4 is 5.32 Å². The van der Waals surface area contributed by atoms with Gasteiger partial charge in [0.15, 0.2) is 0 Å². The Bertz CT molecular complexity index is 995. The maximum absolute atomic E-state index is 12.9. The Balaban J connectivity index is 1.12. The van der Waals surface area contributed by atoms with Crippen LogP contribution in [0.3, 0.4) is 0 Å². The highest BCUT2D eigenvalue weighted by molar-refractivity contribution is 6.21. The minimum Gasteiger partial charge on any atom is -0.326 e. The summed E-state index contributed by atoms with van der Waals surface area (Å²) in [5.74, 6) is 1.61. The first-order chi connectivity index (χ1) is 15.5. The quantitative estimate of drug-likeness (QED) is 0.720. The van der Waals surface area contributed by atoms with Crippen molar-refractivity contribution in [3.8, 4) is 6.07 Å². The molecular formula is C25H28N4O3. The molecule has 2 unspecified atom stereocenters. The van der Waals surface area contributed by atoms with Crippen LogP contribution in [0.25, 0.3) is 0 Å². The lowest BCUT2D eigenvalue weighted by Crippen LogP contribution is -2.52. The number of nitriles is 1. The third kappa shape index (κ3) is 2.78. The average Bonchev–Trinajstić information content (AvgIpc) is 3.51. The highest BCUT2D eigenvalue weighted by Gasteiger charge is 2.62. The Labute approximate surface area is 187 Å². The minimum atomic E-state index is -0.276. The Morgan fingerprint density at radius 3 is 2.41 bits per heavy atom. The van der Waals surface area contributed by atoms with Crippen molar-refractivity contribution in [2.24, 2.45) is 23.7 Å². The molecule has 166 valence electrons. The lowest BCUT2D eigenvalue weighted by Gasteiger charge is -2.40. The molecule has 7 nitrogen and oxygen atoms in total. The topological polar surface area (TPSA) is 93.5 Å². The van der Waals surface area contributed by atoms with Crippen LogP contribution in [0.2, 0.25) is 0 Å². The molecule has 6 aliphatic rings. The van der Waals surface area contributed by atoms with Crippen LogP contribution in [0.15, 0.2) is 24.3 Å². The molecule has 5 fully saturated rings. The number of hydrogen-bond donors (Lipinski definition) is 1. The van der Waals surface area contributed by atoms with Crippen LogP contribution in [0.1, 0.15) is 59.2 Å². The molecule has 2 aliphatic heterocycles. The Hall–Kier alpha value is -2.72. The molecule has 4 saturated carbocycles. The minimum absolute atomic E-state index is 0.00531. The van der Waals surface area contributed by atoms with Crippen LogP contribution >= 0.6 is 0 Å². The number of carbonyl (C=O) groups excluding carboxylic acids is 3. The second-order valence-corrected chi connectivity index (χ2v) is 10.4. The molecule has 7 heteroatoms. The lowest BCUT2D eigenvalue weighted by molar-refractivity contribution is -0.130. The van der Waals surface area contributed by atoms with Gasteiger partial charge in [0, 0.05) is 18.6 Å².